The lowest BCUT2D eigenvalue weighted by Crippen LogP contribution is -2.45. The molecule has 4 nitrogen and oxygen atoms in total. The van der Waals surface area contributed by atoms with Crippen molar-refractivity contribution in [2.24, 2.45) is 16.7 Å². The van der Waals surface area contributed by atoms with Crippen LogP contribution in [0.25, 0.3) is 0 Å². The van der Waals surface area contributed by atoms with Crippen molar-refractivity contribution < 1.29 is 9.90 Å². The number of anilines is 1. The SMILES string of the molecule is CC12CCC(C1)C(C)(C)C2Nc1ccc(C(=O)O)nc1. The molecule has 1 aromatic rings. The van der Waals surface area contributed by atoms with Crippen molar-refractivity contribution in [2.75, 3.05) is 5.32 Å². The van der Waals surface area contributed by atoms with Crippen LogP contribution in [-0.2, 0) is 0 Å². The van der Waals surface area contributed by atoms with Crippen LogP contribution < -0.4 is 5.32 Å². The van der Waals surface area contributed by atoms with Crippen LogP contribution in [0.3, 0.4) is 0 Å². The molecule has 20 heavy (non-hydrogen) atoms. The Bertz CT molecular complexity index is 533. The van der Waals surface area contributed by atoms with Crippen LogP contribution in [0.1, 0.15) is 50.5 Å². The Balaban J connectivity index is 1.82. The third-order valence-electron chi connectivity index (χ3n) is 5.56. The molecule has 1 heterocycles. The lowest BCUT2D eigenvalue weighted by Gasteiger charge is -2.43. The summed E-state index contributed by atoms with van der Waals surface area (Å²) < 4.78 is 0. The molecule has 108 valence electrons. The number of hydrogen-bond acceptors (Lipinski definition) is 3. The zero-order valence-electron chi connectivity index (χ0n) is 12.3. The maximum Gasteiger partial charge on any atom is 0.354 e. The van der Waals surface area contributed by atoms with E-state index >= 15 is 0 Å². The summed E-state index contributed by atoms with van der Waals surface area (Å²) in [6.45, 7) is 7.07. The predicted octanol–water partition coefficient (Wildman–Crippen LogP) is 3.41. The lowest BCUT2D eigenvalue weighted by atomic mass is 9.68. The average Bonchev–Trinajstić information content (AvgIpc) is 2.86. The summed E-state index contributed by atoms with van der Waals surface area (Å²) in [4.78, 5) is 14.8. The Labute approximate surface area is 119 Å². The third kappa shape index (κ3) is 1.89. The molecule has 2 aliphatic rings. The molecule has 0 amide bonds. The van der Waals surface area contributed by atoms with E-state index in [9.17, 15) is 4.79 Å². The summed E-state index contributed by atoms with van der Waals surface area (Å²) in [5.74, 6) is -0.194. The average molecular weight is 274 g/mol. The summed E-state index contributed by atoms with van der Waals surface area (Å²) in [5.41, 5.74) is 1.63. The molecule has 0 radical (unpaired) electrons. The highest BCUT2D eigenvalue weighted by Crippen LogP contribution is 2.63. The van der Waals surface area contributed by atoms with Crippen LogP contribution in [0.2, 0.25) is 0 Å². The Hall–Kier alpha value is -1.58. The molecular formula is C16H22N2O2. The van der Waals surface area contributed by atoms with Crippen molar-refractivity contribution >= 4 is 11.7 Å². The van der Waals surface area contributed by atoms with E-state index in [0.29, 0.717) is 11.5 Å². The first-order chi connectivity index (χ1) is 9.33. The number of carbonyl (C=O) groups is 1. The van der Waals surface area contributed by atoms with Gasteiger partial charge < -0.3 is 10.4 Å². The van der Waals surface area contributed by atoms with E-state index in [1.165, 1.54) is 19.3 Å². The number of fused-ring (bicyclic) bond motifs is 2. The van der Waals surface area contributed by atoms with Crippen LogP contribution in [0.5, 0.6) is 0 Å². The largest absolute Gasteiger partial charge is 0.477 e. The molecule has 3 atom stereocenters. The summed E-state index contributed by atoms with van der Waals surface area (Å²) >= 11 is 0. The van der Waals surface area contributed by atoms with Gasteiger partial charge in [-0.05, 0) is 48.1 Å². The minimum Gasteiger partial charge on any atom is -0.477 e. The first kappa shape index (κ1) is 13.4. The van der Waals surface area contributed by atoms with Crippen molar-refractivity contribution in [3.63, 3.8) is 0 Å². The smallest absolute Gasteiger partial charge is 0.354 e. The second kappa shape index (κ2) is 4.21. The first-order valence-corrected chi connectivity index (χ1v) is 7.29. The minimum atomic E-state index is -0.983. The number of rotatable bonds is 3. The molecule has 0 saturated heterocycles. The van der Waals surface area contributed by atoms with E-state index in [1.807, 2.05) is 6.07 Å². The summed E-state index contributed by atoms with van der Waals surface area (Å²) in [7, 11) is 0. The maximum atomic E-state index is 10.8. The maximum absolute atomic E-state index is 10.8. The second-order valence-corrected chi connectivity index (χ2v) is 7.23. The Morgan fingerprint density at radius 3 is 2.65 bits per heavy atom. The molecular weight excluding hydrogens is 252 g/mol. The van der Waals surface area contributed by atoms with Gasteiger partial charge in [-0.25, -0.2) is 9.78 Å². The van der Waals surface area contributed by atoms with Gasteiger partial charge in [0.15, 0.2) is 0 Å². The number of nitrogens with one attached hydrogen (secondary N) is 1. The lowest BCUT2D eigenvalue weighted by molar-refractivity contribution is 0.0690. The van der Waals surface area contributed by atoms with Gasteiger partial charge in [-0.1, -0.05) is 20.8 Å². The quantitative estimate of drug-likeness (QED) is 0.886. The van der Waals surface area contributed by atoms with Gasteiger partial charge >= 0.3 is 5.97 Å². The van der Waals surface area contributed by atoms with Gasteiger partial charge in [0.1, 0.15) is 5.69 Å². The fourth-order valence-corrected chi connectivity index (χ4v) is 4.43. The molecule has 2 bridgehead atoms. The van der Waals surface area contributed by atoms with Gasteiger partial charge in [-0.15, -0.1) is 0 Å². The van der Waals surface area contributed by atoms with Crippen LogP contribution in [0, 0.1) is 16.7 Å². The van der Waals surface area contributed by atoms with Gasteiger partial charge in [0, 0.05) is 6.04 Å². The standard InChI is InChI=1S/C16H22N2O2/c1-15(2)10-6-7-16(3,8-10)14(15)18-11-4-5-12(13(19)20)17-9-11/h4-5,9-10,14,18H,6-8H2,1-3H3,(H,19,20). The Kier molecular flexibility index (Phi) is 2.82. The van der Waals surface area contributed by atoms with Crippen molar-refractivity contribution in [3.05, 3.63) is 24.0 Å². The van der Waals surface area contributed by atoms with Crippen LogP contribution in [-0.4, -0.2) is 22.1 Å². The van der Waals surface area contributed by atoms with Crippen LogP contribution in [0.4, 0.5) is 5.69 Å². The molecule has 0 aromatic carbocycles. The molecule has 3 unspecified atom stereocenters. The molecule has 0 spiro atoms. The van der Waals surface area contributed by atoms with Crippen LogP contribution in [0.15, 0.2) is 18.3 Å². The second-order valence-electron chi connectivity index (χ2n) is 7.23. The monoisotopic (exact) mass is 274 g/mol. The van der Waals surface area contributed by atoms with E-state index in [4.69, 9.17) is 5.11 Å². The first-order valence-electron chi connectivity index (χ1n) is 7.29. The van der Waals surface area contributed by atoms with Gasteiger partial charge in [0.2, 0.25) is 0 Å². The molecule has 3 rings (SSSR count). The summed E-state index contributed by atoms with van der Waals surface area (Å²) in [6, 6.07) is 3.81. The van der Waals surface area contributed by atoms with Gasteiger partial charge in [0.05, 0.1) is 11.9 Å². The third-order valence-corrected chi connectivity index (χ3v) is 5.56. The molecule has 4 heteroatoms. The fraction of sp³-hybridized carbons (Fsp3) is 0.625. The predicted molar refractivity (Wildman–Crippen MR) is 77.8 cm³/mol. The normalized spacial score (nSPS) is 34.1. The fourth-order valence-electron chi connectivity index (χ4n) is 4.43. The highest BCUT2D eigenvalue weighted by atomic mass is 16.4. The highest BCUT2D eigenvalue weighted by Gasteiger charge is 2.59. The van der Waals surface area contributed by atoms with E-state index in [-0.39, 0.29) is 11.1 Å². The van der Waals surface area contributed by atoms with Crippen molar-refractivity contribution in [1.82, 2.24) is 4.98 Å². The number of carboxylic acids is 1. The summed E-state index contributed by atoms with van der Waals surface area (Å²) in [6.07, 6.45) is 5.53. The van der Waals surface area contributed by atoms with E-state index in [0.717, 1.165) is 11.6 Å². The number of aromatic nitrogens is 1. The number of aromatic carboxylic acids is 1. The number of nitrogens with zero attached hydrogens (tertiary/aromatic N) is 1. The Morgan fingerprint density at radius 1 is 1.40 bits per heavy atom. The molecule has 0 aliphatic heterocycles. The number of pyridine rings is 1. The molecule has 2 aliphatic carbocycles. The zero-order chi connectivity index (χ0) is 14.5. The van der Waals surface area contributed by atoms with Gasteiger partial charge in [0.25, 0.3) is 0 Å². The summed E-state index contributed by atoms with van der Waals surface area (Å²) in [5, 5.41) is 12.5. The topological polar surface area (TPSA) is 62.2 Å². The van der Waals surface area contributed by atoms with Crippen molar-refractivity contribution in [3.8, 4) is 0 Å². The molecule has 2 saturated carbocycles. The van der Waals surface area contributed by atoms with Crippen molar-refractivity contribution in [1.29, 1.82) is 0 Å². The highest BCUT2D eigenvalue weighted by molar-refractivity contribution is 5.85. The zero-order valence-corrected chi connectivity index (χ0v) is 12.3. The van der Waals surface area contributed by atoms with Crippen LogP contribution >= 0.6 is 0 Å². The molecule has 1 aromatic heterocycles. The Morgan fingerprint density at radius 2 is 2.15 bits per heavy atom. The number of carboxylic acid groups (broad SMARTS) is 1. The van der Waals surface area contributed by atoms with Gasteiger partial charge in [-0.2, -0.15) is 0 Å². The van der Waals surface area contributed by atoms with E-state index < -0.39 is 5.97 Å². The minimum absolute atomic E-state index is 0.0916. The van der Waals surface area contributed by atoms with E-state index in [1.54, 1.807) is 12.3 Å². The van der Waals surface area contributed by atoms with Crippen molar-refractivity contribution in [2.45, 2.75) is 46.1 Å². The molecule has 2 fully saturated rings. The molecule has 2 N–H and O–H groups in total. The van der Waals surface area contributed by atoms with Gasteiger partial charge in [-0.3, -0.25) is 0 Å². The number of hydrogen-bond donors (Lipinski definition) is 2. The van der Waals surface area contributed by atoms with E-state index in [2.05, 4.69) is 31.1 Å².